The summed E-state index contributed by atoms with van der Waals surface area (Å²) in [5, 5.41) is 5.28. The van der Waals surface area contributed by atoms with Crippen LogP contribution in [0.2, 0.25) is 36.3 Å². The van der Waals surface area contributed by atoms with Crippen molar-refractivity contribution in [1.82, 2.24) is 19.7 Å². The maximum absolute atomic E-state index is 12.3. The molecule has 0 spiro atoms. The number of fused-ring (bicyclic) bond motifs is 1. The van der Waals surface area contributed by atoms with Gasteiger partial charge in [0.25, 0.3) is 5.56 Å². The monoisotopic (exact) mass is 536 g/mol. The van der Waals surface area contributed by atoms with E-state index in [1.54, 1.807) is 10.9 Å². The molecule has 0 saturated carbocycles. The van der Waals surface area contributed by atoms with Crippen LogP contribution >= 0.6 is 0 Å². The first-order valence-corrected chi connectivity index (χ1v) is 19.4. The zero-order valence-electron chi connectivity index (χ0n) is 24.1. The molecular weight excluding hydrogens is 488 g/mol. The molecule has 0 unspecified atom stereocenters. The predicted octanol–water partition coefficient (Wildman–Crippen LogP) is 6.38. The van der Waals surface area contributed by atoms with E-state index in [2.05, 4.69) is 82.8 Å². The lowest BCUT2D eigenvalue weighted by Crippen LogP contribution is -2.46. The lowest BCUT2D eigenvalue weighted by atomic mass is 10.1. The van der Waals surface area contributed by atoms with Gasteiger partial charge >= 0.3 is 0 Å². The SMILES string of the molecule is CCCC(C)(C)[Si](C)(C)OC[C@@H]1C[C@@H](O[Si](C)(C)C(C)(C)CCC)[C@H](n2ncc3c(=O)[nH]cnc32)O1. The van der Waals surface area contributed by atoms with E-state index in [4.69, 9.17) is 13.6 Å². The lowest BCUT2D eigenvalue weighted by molar-refractivity contribution is -0.0507. The highest BCUT2D eigenvalue weighted by molar-refractivity contribution is 6.74. The molecule has 2 aromatic rings. The lowest BCUT2D eigenvalue weighted by Gasteiger charge is -2.41. The maximum atomic E-state index is 12.3. The number of aromatic amines is 1. The molecule has 0 aliphatic carbocycles. The van der Waals surface area contributed by atoms with Gasteiger partial charge in [0.15, 0.2) is 28.5 Å². The Morgan fingerprint density at radius 1 is 1.08 bits per heavy atom. The maximum Gasteiger partial charge on any atom is 0.261 e. The minimum absolute atomic E-state index is 0.107. The second kappa shape index (κ2) is 10.8. The highest BCUT2D eigenvalue weighted by atomic mass is 28.4. The van der Waals surface area contributed by atoms with Gasteiger partial charge in [0, 0.05) is 6.42 Å². The van der Waals surface area contributed by atoms with Gasteiger partial charge in [-0.1, -0.05) is 54.4 Å². The number of nitrogens with one attached hydrogen (secondary N) is 1. The molecule has 3 heterocycles. The number of hydrogen-bond donors (Lipinski definition) is 1. The van der Waals surface area contributed by atoms with Crippen molar-refractivity contribution < 1.29 is 13.6 Å². The van der Waals surface area contributed by atoms with Gasteiger partial charge in [-0.05, 0) is 49.1 Å². The van der Waals surface area contributed by atoms with Gasteiger partial charge in [0.1, 0.15) is 5.39 Å². The Morgan fingerprint density at radius 3 is 2.31 bits per heavy atom. The van der Waals surface area contributed by atoms with E-state index in [1.165, 1.54) is 6.33 Å². The summed E-state index contributed by atoms with van der Waals surface area (Å²) in [5.41, 5.74) is 0.316. The Balaban J connectivity index is 1.88. The van der Waals surface area contributed by atoms with Crippen LogP contribution in [0, 0.1) is 0 Å². The average molecular weight is 537 g/mol. The van der Waals surface area contributed by atoms with Crippen LogP contribution in [0.1, 0.15) is 79.9 Å². The molecule has 2 aromatic heterocycles. The number of aromatic nitrogens is 4. The molecule has 3 atom stereocenters. The Hall–Kier alpha value is -1.34. The topological polar surface area (TPSA) is 91.3 Å². The van der Waals surface area contributed by atoms with Crippen molar-refractivity contribution >= 4 is 27.7 Å². The van der Waals surface area contributed by atoms with Crippen LogP contribution in [0.25, 0.3) is 11.0 Å². The first-order chi connectivity index (χ1) is 16.7. The van der Waals surface area contributed by atoms with Crippen LogP contribution in [-0.4, -0.2) is 55.2 Å². The normalized spacial score (nSPS) is 22.0. The Kier molecular flexibility index (Phi) is 8.77. The van der Waals surface area contributed by atoms with E-state index in [-0.39, 0.29) is 27.8 Å². The van der Waals surface area contributed by atoms with Gasteiger partial charge in [-0.3, -0.25) is 4.79 Å². The second-order valence-corrected chi connectivity index (χ2v) is 22.0. The molecule has 1 fully saturated rings. The summed E-state index contributed by atoms with van der Waals surface area (Å²) in [6, 6.07) is 0. The molecule has 1 saturated heterocycles. The summed E-state index contributed by atoms with van der Waals surface area (Å²) in [4.78, 5) is 19.4. The van der Waals surface area contributed by atoms with E-state index >= 15 is 0 Å². The molecule has 0 aromatic carbocycles. The Bertz CT molecular complexity index is 1080. The molecule has 0 radical (unpaired) electrons. The first kappa shape index (κ1) is 29.2. The zero-order valence-corrected chi connectivity index (χ0v) is 26.1. The third kappa shape index (κ3) is 5.87. The third-order valence-electron chi connectivity index (χ3n) is 8.87. The Morgan fingerprint density at radius 2 is 1.69 bits per heavy atom. The van der Waals surface area contributed by atoms with Gasteiger partial charge in [0.05, 0.1) is 31.3 Å². The van der Waals surface area contributed by atoms with Crippen LogP contribution in [0.15, 0.2) is 17.3 Å². The summed E-state index contributed by atoms with van der Waals surface area (Å²) in [5.74, 6) is 0. The molecule has 0 bridgehead atoms. The number of hydrogen-bond acceptors (Lipinski definition) is 6. The largest absolute Gasteiger partial charge is 0.414 e. The van der Waals surface area contributed by atoms with Crippen molar-refractivity contribution in [2.75, 3.05) is 6.61 Å². The summed E-state index contributed by atoms with van der Waals surface area (Å²) in [7, 11) is -4.08. The molecule has 204 valence electrons. The van der Waals surface area contributed by atoms with Crippen molar-refractivity contribution in [1.29, 1.82) is 0 Å². The molecule has 1 aliphatic heterocycles. The smallest absolute Gasteiger partial charge is 0.261 e. The number of ether oxygens (including phenoxy) is 1. The van der Waals surface area contributed by atoms with Crippen LogP contribution in [0.4, 0.5) is 0 Å². The highest BCUT2D eigenvalue weighted by Crippen LogP contribution is 2.46. The number of rotatable bonds is 12. The molecule has 8 nitrogen and oxygen atoms in total. The summed E-state index contributed by atoms with van der Waals surface area (Å²) >= 11 is 0. The fraction of sp³-hybridized carbons (Fsp3) is 0.808. The molecule has 0 amide bonds. The summed E-state index contributed by atoms with van der Waals surface area (Å²) in [6.45, 7) is 23.5. The fourth-order valence-electron chi connectivity index (χ4n) is 5.09. The zero-order chi connectivity index (χ0) is 26.9. The van der Waals surface area contributed by atoms with E-state index in [9.17, 15) is 4.79 Å². The molecule has 10 heteroatoms. The molecule has 36 heavy (non-hydrogen) atoms. The summed E-state index contributed by atoms with van der Waals surface area (Å²) < 4.78 is 22.0. The molecular formula is C26H48N4O4Si2. The molecule has 1 aliphatic rings. The van der Waals surface area contributed by atoms with Gasteiger partial charge in [0.2, 0.25) is 0 Å². The Labute approximate surface area is 218 Å². The van der Waals surface area contributed by atoms with Crippen LogP contribution < -0.4 is 5.56 Å². The van der Waals surface area contributed by atoms with E-state index in [0.717, 1.165) is 32.1 Å². The predicted molar refractivity (Wildman–Crippen MR) is 150 cm³/mol. The molecule has 3 rings (SSSR count). The van der Waals surface area contributed by atoms with E-state index < -0.39 is 22.9 Å². The fourth-order valence-corrected chi connectivity index (χ4v) is 9.08. The number of H-pyrrole nitrogens is 1. The van der Waals surface area contributed by atoms with Crippen molar-refractivity contribution in [2.45, 2.75) is 128 Å². The van der Waals surface area contributed by atoms with Crippen LogP contribution in [0.3, 0.4) is 0 Å². The average Bonchev–Trinajstić information content (AvgIpc) is 3.36. The van der Waals surface area contributed by atoms with Gasteiger partial charge in [-0.25, -0.2) is 9.67 Å². The van der Waals surface area contributed by atoms with Crippen molar-refractivity contribution in [3.8, 4) is 0 Å². The van der Waals surface area contributed by atoms with Gasteiger partial charge < -0.3 is 18.6 Å². The quantitative estimate of drug-likeness (QED) is 0.317. The van der Waals surface area contributed by atoms with Gasteiger partial charge in [-0.2, -0.15) is 5.10 Å². The third-order valence-corrected chi connectivity index (χ3v) is 17.7. The summed E-state index contributed by atoms with van der Waals surface area (Å²) in [6.07, 6.45) is 7.50. The number of nitrogens with zero attached hydrogens (tertiary/aromatic N) is 3. The minimum atomic E-state index is -2.12. The van der Waals surface area contributed by atoms with Crippen LogP contribution in [0.5, 0.6) is 0 Å². The van der Waals surface area contributed by atoms with E-state index in [1.807, 2.05) is 0 Å². The van der Waals surface area contributed by atoms with Crippen molar-refractivity contribution in [3.05, 3.63) is 22.9 Å². The molecule has 1 N–H and O–H groups in total. The van der Waals surface area contributed by atoms with Crippen molar-refractivity contribution in [3.63, 3.8) is 0 Å². The first-order valence-electron chi connectivity index (χ1n) is 13.5. The highest BCUT2D eigenvalue weighted by Gasteiger charge is 2.48. The second-order valence-electron chi connectivity index (χ2n) is 12.7. The minimum Gasteiger partial charge on any atom is -0.414 e. The standard InChI is InChI=1S/C26H48N4O4Si2/c1-11-13-25(3,4)35(7,8)32-17-19-15-21(34-36(9,10)26(5,6)14-12-2)24(33-19)30-22-20(16-29-30)23(31)28-18-27-22/h16,18-19,21,24H,11-15,17H2,1-10H3,(H,27,28,31)/t19-,21+,24+/m0/s1. The van der Waals surface area contributed by atoms with E-state index in [0.29, 0.717) is 17.6 Å². The van der Waals surface area contributed by atoms with Crippen molar-refractivity contribution in [2.24, 2.45) is 0 Å². The van der Waals surface area contributed by atoms with Gasteiger partial charge in [-0.15, -0.1) is 0 Å². The van der Waals surface area contributed by atoms with Crippen LogP contribution in [-0.2, 0) is 13.6 Å².